The van der Waals surface area contributed by atoms with Crippen LogP contribution >= 0.6 is 0 Å². The van der Waals surface area contributed by atoms with Gasteiger partial charge >= 0.3 is 0 Å². The highest BCUT2D eigenvalue weighted by atomic mass is 16.5. The lowest BCUT2D eigenvalue weighted by molar-refractivity contribution is 0.262. The van der Waals surface area contributed by atoms with Gasteiger partial charge in [0.25, 0.3) is 0 Å². The number of pyridine rings is 1. The van der Waals surface area contributed by atoms with Gasteiger partial charge in [-0.2, -0.15) is 0 Å². The maximum atomic E-state index is 6.16. The minimum absolute atomic E-state index is 0.786. The molecule has 2 aliphatic rings. The summed E-state index contributed by atoms with van der Waals surface area (Å²) in [7, 11) is 0. The number of hydrogen-bond acceptors (Lipinski definition) is 4. The van der Waals surface area contributed by atoms with Gasteiger partial charge in [-0.15, -0.1) is 0 Å². The highest BCUT2D eigenvalue weighted by Gasteiger charge is 2.19. The summed E-state index contributed by atoms with van der Waals surface area (Å²) in [4.78, 5) is 7.52. The maximum absolute atomic E-state index is 6.16. The average molecular weight is 368 g/mol. The SMILES string of the molecule is CCNc1nc2cc(OCCCN3CCCC3)c(C)cc2c2c1CCCC2. The predicted molar refractivity (Wildman–Crippen MR) is 113 cm³/mol. The number of aryl methyl sites for hydroxylation is 2. The van der Waals surface area contributed by atoms with Gasteiger partial charge in [0.1, 0.15) is 11.6 Å². The van der Waals surface area contributed by atoms with Crippen molar-refractivity contribution in [2.24, 2.45) is 0 Å². The lowest BCUT2D eigenvalue weighted by Gasteiger charge is -2.22. The van der Waals surface area contributed by atoms with Crippen LogP contribution in [0.15, 0.2) is 12.1 Å². The smallest absolute Gasteiger partial charge is 0.130 e. The van der Waals surface area contributed by atoms with Crippen LogP contribution in [0.1, 0.15) is 55.7 Å². The zero-order chi connectivity index (χ0) is 18.6. The van der Waals surface area contributed by atoms with Crippen molar-refractivity contribution in [2.45, 2.75) is 58.8 Å². The second-order valence-electron chi connectivity index (χ2n) is 8.04. The summed E-state index contributed by atoms with van der Waals surface area (Å²) in [6.07, 6.45) is 8.68. The number of anilines is 1. The van der Waals surface area contributed by atoms with E-state index in [1.165, 1.54) is 67.3 Å². The molecule has 0 atom stereocenters. The Bertz CT molecular complexity index is 796. The number of rotatable bonds is 7. The molecule has 27 heavy (non-hydrogen) atoms. The van der Waals surface area contributed by atoms with Gasteiger partial charge in [-0.3, -0.25) is 0 Å². The van der Waals surface area contributed by atoms with E-state index in [1.807, 2.05) is 0 Å². The van der Waals surface area contributed by atoms with Gasteiger partial charge in [0, 0.05) is 24.5 Å². The van der Waals surface area contributed by atoms with Crippen molar-refractivity contribution >= 4 is 16.7 Å². The first kappa shape index (κ1) is 18.5. The molecular formula is C23H33N3O. The van der Waals surface area contributed by atoms with Crippen LogP contribution in [0.3, 0.4) is 0 Å². The molecule has 2 heterocycles. The normalized spacial score (nSPS) is 17.3. The highest BCUT2D eigenvalue weighted by Crippen LogP contribution is 2.35. The van der Waals surface area contributed by atoms with Crippen LogP contribution in [0.4, 0.5) is 5.82 Å². The van der Waals surface area contributed by atoms with Gasteiger partial charge in [0.05, 0.1) is 12.1 Å². The van der Waals surface area contributed by atoms with Gasteiger partial charge in [0.15, 0.2) is 0 Å². The largest absolute Gasteiger partial charge is 0.493 e. The van der Waals surface area contributed by atoms with Crippen LogP contribution in [0.2, 0.25) is 0 Å². The van der Waals surface area contributed by atoms with E-state index < -0.39 is 0 Å². The molecule has 2 aromatic rings. The second-order valence-corrected chi connectivity index (χ2v) is 8.04. The molecule has 1 aliphatic heterocycles. The number of hydrogen-bond donors (Lipinski definition) is 1. The summed E-state index contributed by atoms with van der Waals surface area (Å²) >= 11 is 0. The fraction of sp³-hybridized carbons (Fsp3) is 0.609. The van der Waals surface area contributed by atoms with E-state index in [-0.39, 0.29) is 0 Å². The van der Waals surface area contributed by atoms with Crippen LogP contribution in [0.5, 0.6) is 5.75 Å². The summed E-state index contributed by atoms with van der Waals surface area (Å²) < 4.78 is 6.16. The van der Waals surface area contributed by atoms with Crippen molar-refractivity contribution in [3.8, 4) is 5.75 Å². The molecule has 0 bridgehead atoms. The highest BCUT2D eigenvalue weighted by molar-refractivity contribution is 5.88. The Labute approximate surface area is 163 Å². The number of benzene rings is 1. The number of nitrogens with one attached hydrogen (secondary N) is 1. The van der Waals surface area contributed by atoms with Crippen LogP contribution < -0.4 is 10.1 Å². The number of nitrogens with zero attached hydrogens (tertiary/aromatic N) is 2. The minimum atomic E-state index is 0.786. The summed E-state index contributed by atoms with van der Waals surface area (Å²) in [5, 5.41) is 4.82. The monoisotopic (exact) mass is 367 g/mol. The summed E-state index contributed by atoms with van der Waals surface area (Å²) in [5.41, 5.74) is 5.25. The first-order chi connectivity index (χ1) is 13.3. The van der Waals surface area contributed by atoms with Gasteiger partial charge in [0.2, 0.25) is 0 Å². The Morgan fingerprint density at radius 1 is 1.07 bits per heavy atom. The number of fused-ring (bicyclic) bond motifs is 3. The van der Waals surface area contributed by atoms with Crippen molar-refractivity contribution in [1.82, 2.24) is 9.88 Å². The quantitative estimate of drug-likeness (QED) is 0.719. The fourth-order valence-corrected chi connectivity index (χ4v) is 4.61. The number of ether oxygens (including phenoxy) is 1. The van der Waals surface area contributed by atoms with E-state index in [0.717, 1.165) is 49.6 Å². The Hall–Kier alpha value is -1.81. The molecule has 4 rings (SSSR count). The molecule has 1 saturated heterocycles. The third-order valence-electron chi connectivity index (χ3n) is 6.02. The minimum Gasteiger partial charge on any atom is -0.493 e. The molecular weight excluding hydrogens is 334 g/mol. The fourth-order valence-electron chi connectivity index (χ4n) is 4.61. The third kappa shape index (κ3) is 4.06. The molecule has 4 nitrogen and oxygen atoms in total. The van der Waals surface area contributed by atoms with E-state index in [9.17, 15) is 0 Å². The first-order valence-corrected chi connectivity index (χ1v) is 10.8. The molecule has 1 aromatic heterocycles. The molecule has 1 N–H and O–H groups in total. The Kier molecular flexibility index (Phi) is 5.82. The van der Waals surface area contributed by atoms with Crippen molar-refractivity contribution in [2.75, 3.05) is 38.1 Å². The molecule has 0 spiro atoms. The molecule has 0 saturated carbocycles. The Morgan fingerprint density at radius 3 is 2.63 bits per heavy atom. The van der Waals surface area contributed by atoms with E-state index >= 15 is 0 Å². The van der Waals surface area contributed by atoms with Crippen LogP contribution in [0, 0.1) is 6.92 Å². The van der Waals surface area contributed by atoms with Gasteiger partial charge in [-0.1, -0.05) is 0 Å². The molecule has 1 fully saturated rings. The standard InChI is InChI=1S/C23H33N3O/c1-3-24-23-19-10-5-4-9-18(19)20-15-17(2)22(16-21(20)25-23)27-14-8-13-26-11-6-7-12-26/h15-16H,3-14H2,1-2H3,(H,24,25). The van der Waals surface area contributed by atoms with Gasteiger partial charge < -0.3 is 15.0 Å². The summed E-state index contributed by atoms with van der Waals surface area (Å²) in [6, 6.07) is 4.47. The molecule has 146 valence electrons. The summed E-state index contributed by atoms with van der Waals surface area (Å²) in [6.45, 7) is 9.69. The lowest BCUT2D eigenvalue weighted by Crippen LogP contribution is -2.22. The molecule has 0 unspecified atom stereocenters. The van der Waals surface area contributed by atoms with Crippen molar-refractivity contribution in [1.29, 1.82) is 0 Å². The zero-order valence-corrected chi connectivity index (χ0v) is 16.9. The Morgan fingerprint density at radius 2 is 1.85 bits per heavy atom. The molecule has 1 aliphatic carbocycles. The van der Waals surface area contributed by atoms with E-state index in [4.69, 9.17) is 9.72 Å². The number of likely N-dealkylation sites (tertiary alicyclic amines) is 1. The van der Waals surface area contributed by atoms with Gasteiger partial charge in [-0.25, -0.2) is 4.98 Å². The van der Waals surface area contributed by atoms with Crippen molar-refractivity contribution in [3.05, 3.63) is 28.8 Å². The van der Waals surface area contributed by atoms with Crippen molar-refractivity contribution in [3.63, 3.8) is 0 Å². The molecule has 4 heteroatoms. The Balaban J connectivity index is 1.54. The second kappa shape index (κ2) is 8.47. The molecule has 0 amide bonds. The average Bonchev–Trinajstić information content (AvgIpc) is 3.20. The summed E-state index contributed by atoms with van der Waals surface area (Å²) in [5.74, 6) is 2.08. The van der Waals surface area contributed by atoms with E-state index in [1.54, 1.807) is 0 Å². The van der Waals surface area contributed by atoms with E-state index in [0.29, 0.717) is 0 Å². The van der Waals surface area contributed by atoms with Crippen LogP contribution in [0.25, 0.3) is 10.9 Å². The number of aromatic nitrogens is 1. The van der Waals surface area contributed by atoms with Gasteiger partial charge in [-0.05, 0) is 94.6 Å². The topological polar surface area (TPSA) is 37.4 Å². The maximum Gasteiger partial charge on any atom is 0.130 e. The third-order valence-corrected chi connectivity index (χ3v) is 6.02. The van der Waals surface area contributed by atoms with Crippen LogP contribution in [-0.2, 0) is 12.8 Å². The molecule has 1 aromatic carbocycles. The van der Waals surface area contributed by atoms with Crippen LogP contribution in [-0.4, -0.2) is 42.7 Å². The molecule has 0 radical (unpaired) electrons. The first-order valence-electron chi connectivity index (χ1n) is 10.8. The van der Waals surface area contributed by atoms with Crippen molar-refractivity contribution < 1.29 is 4.74 Å². The predicted octanol–water partition coefficient (Wildman–Crippen LogP) is 4.72. The zero-order valence-electron chi connectivity index (χ0n) is 16.9. The lowest BCUT2D eigenvalue weighted by atomic mass is 9.88. The van der Waals surface area contributed by atoms with E-state index in [2.05, 4.69) is 36.2 Å².